The molecule has 1 aromatic heterocycles. The van der Waals surface area contributed by atoms with Crippen LogP contribution in [0.1, 0.15) is 41.1 Å². The van der Waals surface area contributed by atoms with E-state index in [2.05, 4.69) is 0 Å². The van der Waals surface area contributed by atoms with E-state index in [0.29, 0.717) is 5.00 Å². The molecule has 1 N–H and O–H groups in total. The molecule has 0 aromatic carbocycles. The van der Waals surface area contributed by atoms with Gasteiger partial charge in [-0.25, -0.2) is 9.69 Å². The van der Waals surface area contributed by atoms with Crippen LogP contribution in [0.3, 0.4) is 0 Å². The van der Waals surface area contributed by atoms with E-state index in [0.717, 1.165) is 34.6 Å². The highest BCUT2D eigenvalue weighted by Crippen LogP contribution is 2.64. The fraction of sp³-hybridized carbons (Fsp3) is 0.533. The summed E-state index contributed by atoms with van der Waals surface area (Å²) in [4.78, 5) is 38.7. The second kappa shape index (κ2) is 3.74. The van der Waals surface area contributed by atoms with Crippen molar-refractivity contribution in [1.82, 2.24) is 0 Å². The monoisotopic (exact) mass is 305 g/mol. The molecule has 2 heterocycles. The number of imide groups is 1. The quantitative estimate of drug-likeness (QED) is 0.849. The molecule has 110 valence electrons. The van der Waals surface area contributed by atoms with Crippen molar-refractivity contribution >= 4 is 34.1 Å². The molecule has 1 aromatic rings. The van der Waals surface area contributed by atoms with Gasteiger partial charge in [0.1, 0.15) is 5.00 Å². The third-order valence-corrected chi connectivity index (χ3v) is 6.40. The maximum Gasteiger partial charge on any atom is 0.339 e. The van der Waals surface area contributed by atoms with Gasteiger partial charge in [0, 0.05) is 4.88 Å². The van der Waals surface area contributed by atoms with Crippen molar-refractivity contribution in [3.63, 3.8) is 0 Å². The van der Waals surface area contributed by atoms with Crippen LogP contribution in [-0.4, -0.2) is 22.9 Å². The summed E-state index contributed by atoms with van der Waals surface area (Å²) in [5, 5.41) is 9.83. The Balaban J connectivity index is 1.81. The summed E-state index contributed by atoms with van der Waals surface area (Å²) in [5.41, 5.74) is 0.727. The predicted octanol–water partition coefficient (Wildman–Crippen LogP) is 2.08. The van der Waals surface area contributed by atoms with Crippen LogP contribution >= 0.6 is 11.3 Å². The zero-order chi connectivity index (χ0) is 15.1. The van der Waals surface area contributed by atoms with Crippen molar-refractivity contribution in [2.75, 3.05) is 4.90 Å². The van der Waals surface area contributed by atoms with E-state index >= 15 is 0 Å². The molecule has 6 heteroatoms. The highest BCUT2D eigenvalue weighted by molar-refractivity contribution is 7.17. The van der Waals surface area contributed by atoms with Gasteiger partial charge >= 0.3 is 5.97 Å². The topological polar surface area (TPSA) is 74.7 Å². The summed E-state index contributed by atoms with van der Waals surface area (Å²) in [5.74, 6) is -2.04. The van der Waals surface area contributed by atoms with Gasteiger partial charge in [0.15, 0.2) is 0 Å². The van der Waals surface area contributed by atoms with Gasteiger partial charge in [0.25, 0.3) is 0 Å². The normalized spacial score (nSPS) is 28.8. The van der Waals surface area contributed by atoms with Gasteiger partial charge in [-0.05, 0) is 30.2 Å². The number of amides is 2. The molecule has 4 rings (SSSR count). The summed E-state index contributed by atoms with van der Waals surface area (Å²) in [7, 11) is 0. The van der Waals surface area contributed by atoms with Gasteiger partial charge in [-0.1, -0.05) is 13.8 Å². The van der Waals surface area contributed by atoms with Crippen LogP contribution in [0.4, 0.5) is 5.00 Å². The van der Waals surface area contributed by atoms with Gasteiger partial charge < -0.3 is 5.11 Å². The number of carbonyl (C=O) groups excluding carboxylic acids is 2. The summed E-state index contributed by atoms with van der Waals surface area (Å²) in [6, 6.07) is 0. The Kier molecular flexibility index (Phi) is 2.32. The van der Waals surface area contributed by atoms with E-state index in [-0.39, 0.29) is 34.6 Å². The number of aromatic carboxylic acids is 1. The van der Waals surface area contributed by atoms with Crippen LogP contribution in [0, 0.1) is 17.3 Å². The second-order valence-corrected chi connectivity index (χ2v) is 7.71. The molecule has 2 fully saturated rings. The average Bonchev–Trinajstić information content (AvgIpc) is 2.76. The molecular formula is C15H15NO4S. The van der Waals surface area contributed by atoms with Crippen LogP contribution in [0.25, 0.3) is 0 Å². The average molecular weight is 305 g/mol. The minimum absolute atomic E-state index is 0.174. The van der Waals surface area contributed by atoms with Crippen molar-refractivity contribution < 1.29 is 19.5 Å². The molecular weight excluding hydrogens is 290 g/mol. The highest BCUT2D eigenvalue weighted by atomic mass is 32.1. The van der Waals surface area contributed by atoms with E-state index < -0.39 is 5.97 Å². The Morgan fingerprint density at radius 3 is 2.43 bits per heavy atom. The van der Waals surface area contributed by atoms with Crippen molar-refractivity contribution in [3.8, 4) is 0 Å². The number of anilines is 1. The van der Waals surface area contributed by atoms with Crippen molar-refractivity contribution in [2.24, 2.45) is 17.3 Å². The first-order valence-corrected chi connectivity index (χ1v) is 7.93. The van der Waals surface area contributed by atoms with E-state index in [1.54, 1.807) is 0 Å². The first-order valence-electron chi connectivity index (χ1n) is 7.11. The Morgan fingerprint density at radius 2 is 1.86 bits per heavy atom. The zero-order valence-electron chi connectivity index (χ0n) is 11.8. The smallest absolute Gasteiger partial charge is 0.339 e. The number of rotatable bonds is 2. The lowest BCUT2D eigenvalue weighted by Crippen LogP contribution is -2.36. The lowest BCUT2D eigenvalue weighted by Gasteiger charge is -2.20. The number of piperidine rings is 1. The predicted molar refractivity (Wildman–Crippen MR) is 76.6 cm³/mol. The molecule has 5 nitrogen and oxygen atoms in total. The van der Waals surface area contributed by atoms with E-state index in [1.165, 1.54) is 11.3 Å². The largest absolute Gasteiger partial charge is 0.478 e. The first-order chi connectivity index (χ1) is 9.85. The standard InChI is InChI=1S/C15H15NO4S/c1-15(2)9-10(15)12(18)16(11(9)17)13-8(14(19)20)6-4-3-5-7(6)21-13/h9-10H,3-5H2,1-2H3,(H,19,20). The Morgan fingerprint density at radius 1 is 1.24 bits per heavy atom. The van der Waals surface area contributed by atoms with Gasteiger partial charge in [-0.3, -0.25) is 9.59 Å². The number of fused-ring (bicyclic) bond motifs is 2. The number of thiophene rings is 1. The van der Waals surface area contributed by atoms with Crippen LogP contribution < -0.4 is 4.90 Å². The Labute approximate surface area is 125 Å². The van der Waals surface area contributed by atoms with Crippen LogP contribution in [-0.2, 0) is 22.4 Å². The maximum absolute atomic E-state index is 12.5. The van der Waals surface area contributed by atoms with Crippen LogP contribution in [0.2, 0.25) is 0 Å². The second-order valence-electron chi connectivity index (χ2n) is 6.63. The van der Waals surface area contributed by atoms with E-state index in [4.69, 9.17) is 0 Å². The molecule has 1 saturated carbocycles. The lowest BCUT2D eigenvalue weighted by molar-refractivity contribution is -0.125. The summed E-state index contributed by atoms with van der Waals surface area (Å²) >= 11 is 1.31. The van der Waals surface area contributed by atoms with Gasteiger partial charge in [0.05, 0.1) is 17.4 Å². The van der Waals surface area contributed by atoms with Gasteiger partial charge in [0.2, 0.25) is 11.8 Å². The molecule has 2 unspecified atom stereocenters. The molecule has 1 saturated heterocycles. The van der Waals surface area contributed by atoms with Crippen molar-refractivity contribution in [2.45, 2.75) is 33.1 Å². The van der Waals surface area contributed by atoms with E-state index in [9.17, 15) is 19.5 Å². The molecule has 3 aliphatic rings. The third kappa shape index (κ3) is 1.43. The first kappa shape index (κ1) is 13.0. The van der Waals surface area contributed by atoms with Gasteiger partial charge in [-0.15, -0.1) is 11.3 Å². The van der Waals surface area contributed by atoms with Crippen LogP contribution in [0.5, 0.6) is 0 Å². The Hall–Kier alpha value is -1.69. The van der Waals surface area contributed by atoms with Gasteiger partial charge in [-0.2, -0.15) is 0 Å². The molecule has 21 heavy (non-hydrogen) atoms. The fourth-order valence-electron chi connectivity index (χ4n) is 3.91. The summed E-state index contributed by atoms with van der Waals surface area (Å²) < 4.78 is 0. The number of hydrogen-bond acceptors (Lipinski definition) is 4. The Bertz CT molecular complexity index is 694. The highest BCUT2D eigenvalue weighted by Gasteiger charge is 2.73. The van der Waals surface area contributed by atoms with Crippen molar-refractivity contribution in [3.05, 3.63) is 16.0 Å². The molecule has 2 amide bonds. The maximum atomic E-state index is 12.5. The number of carboxylic acids is 1. The molecule has 0 radical (unpaired) electrons. The molecule has 1 aliphatic heterocycles. The zero-order valence-corrected chi connectivity index (χ0v) is 12.6. The summed E-state index contributed by atoms with van der Waals surface area (Å²) in [6.07, 6.45) is 2.51. The molecule has 0 bridgehead atoms. The number of carboxylic acid groups (broad SMARTS) is 1. The minimum atomic E-state index is -1.04. The number of carbonyl (C=O) groups is 3. The van der Waals surface area contributed by atoms with Crippen molar-refractivity contribution in [1.29, 1.82) is 0 Å². The van der Waals surface area contributed by atoms with Crippen LogP contribution in [0.15, 0.2) is 0 Å². The summed E-state index contributed by atoms with van der Waals surface area (Å²) in [6.45, 7) is 3.84. The third-order valence-electron chi connectivity index (χ3n) is 5.12. The molecule has 2 aliphatic carbocycles. The number of nitrogens with zero attached hydrogens (tertiary/aromatic N) is 1. The number of hydrogen-bond donors (Lipinski definition) is 1. The fourth-order valence-corrected chi connectivity index (χ4v) is 5.31. The molecule has 0 spiro atoms. The lowest BCUT2D eigenvalue weighted by atomic mass is 10.0. The number of aryl methyl sites for hydroxylation is 1. The van der Waals surface area contributed by atoms with E-state index in [1.807, 2.05) is 13.8 Å². The molecule has 2 atom stereocenters. The SMILES string of the molecule is CC1(C)C2C(=O)N(c3sc4c(c3C(=O)O)CCC4)C(=O)C21. The minimum Gasteiger partial charge on any atom is -0.478 e.